The SMILES string of the molecule is ClCCn1cccn1. The van der Waals surface area contributed by atoms with Crippen LogP contribution < -0.4 is 0 Å². The first-order chi connectivity index (χ1) is 3.93. The molecule has 0 amide bonds. The Labute approximate surface area is 53.1 Å². The minimum absolute atomic E-state index is 0.627. The van der Waals surface area contributed by atoms with Crippen LogP contribution in [0.4, 0.5) is 0 Å². The Balaban J connectivity index is 2.50. The Morgan fingerprint density at radius 3 is 3.00 bits per heavy atom. The summed E-state index contributed by atoms with van der Waals surface area (Å²) < 4.78 is 1.80. The summed E-state index contributed by atoms with van der Waals surface area (Å²) >= 11 is 5.43. The fourth-order valence-electron chi connectivity index (χ4n) is 0.519. The predicted octanol–water partition coefficient (Wildman–Crippen LogP) is 1.12. The second kappa shape index (κ2) is 2.72. The molecule has 0 saturated carbocycles. The third-order valence-corrected chi connectivity index (χ3v) is 1.04. The number of nitrogens with zero attached hydrogens (tertiary/aromatic N) is 2. The predicted molar refractivity (Wildman–Crippen MR) is 32.9 cm³/mol. The number of aromatic nitrogens is 2. The van der Waals surface area contributed by atoms with Crippen molar-refractivity contribution >= 4 is 11.6 Å². The molecule has 1 heterocycles. The third kappa shape index (κ3) is 1.23. The van der Waals surface area contributed by atoms with Gasteiger partial charge in [0.1, 0.15) is 0 Å². The van der Waals surface area contributed by atoms with Crippen LogP contribution in [0.5, 0.6) is 0 Å². The number of halogens is 1. The highest BCUT2D eigenvalue weighted by molar-refractivity contribution is 6.17. The van der Waals surface area contributed by atoms with Crippen molar-refractivity contribution in [3.63, 3.8) is 0 Å². The van der Waals surface area contributed by atoms with Gasteiger partial charge in [-0.05, 0) is 6.07 Å². The molecule has 44 valence electrons. The average Bonchev–Trinajstić information content (AvgIpc) is 2.19. The first kappa shape index (κ1) is 5.63. The molecule has 0 spiro atoms. The molecule has 0 aromatic carbocycles. The molecule has 3 heteroatoms. The van der Waals surface area contributed by atoms with Crippen LogP contribution in [0, 0.1) is 0 Å². The van der Waals surface area contributed by atoms with Gasteiger partial charge < -0.3 is 0 Å². The van der Waals surface area contributed by atoms with Gasteiger partial charge in [0.05, 0.1) is 6.54 Å². The van der Waals surface area contributed by atoms with E-state index in [4.69, 9.17) is 11.6 Å². The van der Waals surface area contributed by atoms with E-state index < -0.39 is 0 Å². The van der Waals surface area contributed by atoms with Crippen LogP contribution in [0.2, 0.25) is 0 Å². The molecule has 0 radical (unpaired) electrons. The molecule has 0 N–H and O–H groups in total. The molecule has 0 bridgehead atoms. The number of hydrogen-bond donors (Lipinski definition) is 0. The molecule has 0 aliphatic heterocycles. The largest absolute Gasteiger partial charge is 0.272 e. The summed E-state index contributed by atoms with van der Waals surface area (Å²) in [6.07, 6.45) is 3.63. The van der Waals surface area contributed by atoms with Crippen LogP contribution >= 0.6 is 11.6 Å². The summed E-state index contributed by atoms with van der Waals surface area (Å²) in [6, 6.07) is 1.88. The molecule has 2 nitrogen and oxygen atoms in total. The van der Waals surface area contributed by atoms with Gasteiger partial charge in [0.2, 0.25) is 0 Å². The van der Waals surface area contributed by atoms with Gasteiger partial charge in [0.25, 0.3) is 0 Å². The molecule has 8 heavy (non-hydrogen) atoms. The second-order valence-electron chi connectivity index (χ2n) is 1.46. The zero-order valence-corrected chi connectivity index (χ0v) is 5.17. The van der Waals surface area contributed by atoms with Gasteiger partial charge in [0.15, 0.2) is 0 Å². The molecule has 0 saturated heterocycles. The minimum Gasteiger partial charge on any atom is -0.272 e. The topological polar surface area (TPSA) is 17.8 Å². The fraction of sp³-hybridized carbons (Fsp3) is 0.400. The maximum atomic E-state index is 5.43. The quantitative estimate of drug-likeness (QED) is 0.549. The lowest BCUT2D eigenvalue weighted by atomic mass is 10.7. The lowest BCUT2D eigenvalue weighted by Crippen LogP contribution is -1.97. The fourth-order valence-corrected chi connectivity index (χ4v) is 0.692. The molecular weight excluding hydrogens is 124 g/mol. The van der Waals surface area contributed by atoms with E-state index in [1.165, 1.54) is 0 Å². The number of alkyl halides is 1. The van der Waals surface area contributed by atoms with Crippen molar-refractivity contribution in [2.24, 2.45) is 0 Å². The molecule has 1 rings (SSSR count). The van der Waals surface area contributed by atoms with Gasteiger partial charge in [-0.1, -0.05) is 0 Å². The molecule has 0 atom stereocenters. The van der Waals surface area contributed by atoms with E-state index >= 15 is 0 Å². The highest BCUT2D eigenvalue weighted by atomic mass is 35.5. The van der Waals surface area contributed by atoms with E-state index in [1.54, 1.807) is 10.9 Å². The van der Waals surface area contributed by atoms with Crippen molar-refractivity contribution in [2.45, 2.75) is 6.54 Å². The van der Waals surface area contributed by atoms with E-state index in [9.17, 15) is 0 Å². The first-order valence-electron chi connectivity index (χ1n) is 2.47. The average molecular weight is 131 g/mol. The summed E-state index contributed by atoms with van der Waals surface area (Å²) in [5.41, 5.74) is 0. The summed E-state index contributed by atoms with van der Waals surface area (Å²) in [6.45, 7) is 0.800. The molecule has 0 aliphatic rings. The summed E-state index contributed by atoms with van der Waals surface area (Å²) in [5.74, 6) is 0.627. The molecule has 1 aromatic rings. The van der Waals surface area contributed by atoms with Crippen molar-refractivity contribution in [1.29, 1.82) is 0 Å². The zero-order valence-electron chi connectivity index (χ0n) is 4.42. The lowest BCUT2D eigenvalue weighted by molar-refractivity contribution is 0.664. The molecule has 0 fully saturated rings. The highest BCUT2D eigenvalue weighted by Gasteiger charge is 1.83. The Hall–Kier alpha value is -0.500. The van der Waals surface area contributed by atoms with Crippen LogP contribution in [0.25, 0.3) is 0 Å². The van der Waals surface area contributed by atoms with Crippen molar-refractivity contribution < 1.29 is 0 Å². The van der Waals surface area contributed by atoms with E-state index in [2.05, 4.69) is 5.10 Å². The van der Waals surface area contributed by atoms with Gasteiger partial charge in [-0.3, -0.25) is 4.68 Å². The van der Waals surface area contributed by atoms with Gasteiger partial charge in [-0.15, -0.1) is 11.6 Å². The Morgan fingerprint density at radius 2 is 2.50 bits per heavy atom. The Bertz CT molecular complexity index is 136. The van der Waals surface area contributed by atoms with Crippen LogP contribution in [-0.4, -0.2) is 15.7 Å². The van der Waals surface area contributed by atoms with Crippen LogP contribution in [0.3, 0.4) is 0 Å². The van der Waals surface area contributed by atoms with E-state index in [-0.39, 0.29) is 0 Å². The third-order valence-electron chi connectivity index (χ3n) is 0.873. The number of hydrogen-bond acceptors (Lipinski definition) is 1. The zero-order chi connectivity index (χ0) is 5.82. The van der Waals surface area contributed by atoms with Crippen molar-refractivity contribution in [3.05, 3.63) is 18.5 Å². The van der Waals surface area contributed by atoms with E-state index in [1.807, 2.05) is 12.3 Å². The number of rotatable bonds is 2. The molecule has 1 aromatic heterocycles. The maximum absolute atomic E-state index is 5.43. The Morgan fingerprint density at radius 1 is 1.62 bits per heavy atom. The van der Waals surface area contributed by atoms with Gasteiger partial charge in [-0.25, -0.2) is 0 Å². The van der Waals surface area contributed by atoms with Crippen molar-refractivity contribution in [3.8, 4) is 0 Å². The Kier molecular flexibility index (Phi) is 1.92. The van der Waals surface area contributed by atoms with Crippen LogP contribution in [0.1, 0.15) is 0 Å². The lowest BCUT2D eigenvalue weighted by Gasteiger charge is -1.91. The maximum Gasteiger partial charge on any atom is 0.0544 e. The van der Waals surface area contributed by atoms with Crippen LogP contribution in [0.15, 0.2) is 18.5 Å². The summed E-state index contributed by atoms with van der Waals surface area (Å²) in [5, 5.41) is 3.94. The van der Waals surface area contributed by atoms with Crippen molar-refractivity contribution in [2.75, 3.05) is 5.88 Å². The second-order valence-corrected chi connectivity index (χ2v) is 1.84. The first-order valence-corrected chi connectivity index (χ1v) is 3.00. The highest BCUT2D eigenvalue weighted by Crippen LogP contribution is 1.84. The molecular formula is C5H7ClN2. The van der Waals surface area contributed by atoms with E-state index in [0.29, 0.717) is 5.88 Å². The van der Waals surface area contributed by atoms with Crippen molar-refractivity contribution in [1.82, 2.24) is 9.78 Å². The summed E-state index contributed by atoms with van der Waals surface area (Å²) in [4.78, 5) is 0. The van der Waals surface area contributed by atoms with Gasteiger partial charge in [-0.2, -0.15) is 5.10 Å². The van der Waals surface area contributed by atoms with Crippen LogP contribution in [-0.2, 0) is 6.54 Å². The van der Waals surface area contributed by atoms with Gasteiger partial charge >= 0.3 is 0 Å². The normalized spacial score (nSPS) is 9.62. The summed E-state index contributed by atoms with van der Waals surface area (Å²) in [7, 11) is 0. The monoisotopic (exact) mass is 130 g/mol. The van der Waals surface area contributed by atoms with Gasteiger partial charge in [0, 0.05) is 18.3 Å². The molecule has 0 aliphatic carbocycles. The molecule has 0 unspecified atom stereocenters. The number of aryl methyl sites for hydroxylation is 1. The minimum atomic E-state index is 0.627. The smallest absolute Gasteiger partial charge is 0.0544 e. The standard InChI is InChI=1S/C5H7ClN2/c6-2-5-8-4-1-3-7-8/h1,3-4H,2,5H2. The van der Waals surface area contributed by atoms with E-state index in [0.717, 1.165) is 6.54 Å².